The predicted octanol–water partition coefficient (Wildman–Crippen LogP) is -1.31. The van der Waals surface area contributed by atoms with Crippen LogP contribution in [0, 0.1) is 48.8 Å². The Morgan fingerprint density at radius 1 is 1.50 bits per heavy atom. The number of hydrogen-bond acceptors (Lipinski definition) is 6. The van der Waals surface area contributed by atoms with E-state index in [1.165, 1.54) is 0 Å². The summed E-state index contributed by atoms with van der Waals surface area (Å²) in [6.07, 6.45) is 0.603. The van der Waals surface area contributed by atoms with Crippen molar-refractivity contribution in [3.05, 3.63) is 18.5 Å². The summed E-state index contributed by atoms with van der Waals surface area (Å²) in [4.78, 5) is 0. The number of rotatable bonds is 6. The van der Waals surface area contributed by atoms with Crippen LogP contribution < -0.4 is 10.6 Å². The maximum atomic E-state index is 10.2. The first kappa shape index (κ1) is 18.6. The molecule has 1 aliphatic rings. The molecule has 5 N–H and O–H groups in total. The second-order valence-corrected chi connectivity index (χ2v) is 4.22. The zero-order valence-corrected chi connectivity index (χ0v) is 13.7. The number of nitrogens with one attached hydrogen (secondary N) is 2. The van der Waals surface area contributed by atoms with Gasteiger partial charge in [0.1, 0.15) is 5.76 Å². The van der Waals surface area contributed by atoms with Gasteiger partial charge >= 0.3 is 0 Å². The van der Waals surface area contributed by atoms with E-state index in [0.29, 0.717) is 24.4 Å². The molecular weight excluding hydrogens is 364 g/mol. The first-order valence-corrected chi connectivity index (χ1v) is 5.58. The van der Waals surface area contributed by atoms with E-state index in [4.69, 9.17) is 9.84 Å². The molecule has 0 spiro atoms. The Morgan fingerprint density at radius 2 is 2.17 bits per heavy atom. The van der Waals surface area contributed by atoms with E-state index in [1.54, 1.807) is 7.11 Å². The minimum Gasteiger partial charge on any atom is -0.538 e. The molecule has 1 aliphatic carbocycles. The fraction of sp³-hybridized carbons (Fsp3) is 0.727. The predicted molar refractivity (Wildman–Crippen MR) is 62.7 cm³/mol. The SMILES string of the molecule is [CH2-]NC1=C(OC)C(NCCO)CC(O)(CO)C1.[Ce]. The molecule has 1 rings (SSSR count). The van der Waals surface area contributed by atoms with Crippen LogP contribution in [-0.2, 0) is 4.74 Å². The van der Waals surface area contributed by atoms with E-state index in [0.717, 1.165) is 0 Å². The molecule has 104 valence electrons. The van der Waals surface area contributed by atoms with Crippen LogP contribution in [0.5, 0.6) is 0 Å². The molecule has 0 bridgehead atoms. The smallest absolute Gasteiger partial charge is 0.129 e. The van der Waals surface area contributed by atoms with Crippen molar-refractivity contribution in [2.24, 2.45) is 0 Å². The van der Waals surface area contributed by atoms with Crippen LogP contribution in [-0.4, -0.2) is 53.8 Å². The van der Waals surface area contributed by atoms with Crippen molar-refractivity contribution in [1.29, 1.82) is 0 Å². The molecule has 2 atom stereocenters. The van der Waals surface area contributed by atoms with Crippen molar-refractivity contribution in [3.8, 4) is 0 Å². The molecule has 6 nitrogen and oxygen atoms in total. The first-order chi connectivity index (χ1) is 8.10. The molecule has 0 saturated heterocycles. The third-order valence-electron chi connectivity index (χ3n) is 2.93. The Labute approximate surface area is 141 Å². The van der Waals surface area contributed by atoms with Gasteiger partial charge in [-0.05, 0) is 0 Å². The van der Waals surface area contributed by atoms with E-state index >= 15 is 0 Å². The summed E-state index contributed by atoms with van der Waals surface area (Å²) in [5.74, 6) is 0.659. The summed E-state index contributed by atoms with van der Waals surface area (Å²) in [7, 11) is 5.11. The monoisotopic (exact) mass is 385 g/mol. The van der Waals surface area contributed by atoms with Crippen LogP contribution in [0.3, 0.4) is 0 Å². The summed E-state index contributed by atoms with van der Waals surface area (Å²) in [6, 6.07) is -0.248. The summed E-state index contributed by atoms with van der Waals surface area (Å²) in [5, 5.41) is 34.0. The minimum atomic E-state index is -1.19. The molecule has 0 aromatic carbocycles. The molecule has 7 heteroatoms. The maximum absolute atomic E-state index is 10.2. The fourth-order valence-electron chi connectivity index (χ4n) is 2.11. The topological polar surface area (TPSA) is 94.0 Å². The van der Waals surface area contributed by atoms with Crippen LogP contribution in [0.15, 0.2) is 11.5 Å². The van der Waals surface area contributed by atoms with Gasteiger partial charge in [0.05, 0.1) is 32.0 Å². The Bertz CT molecular complexity index is 288. The molecular formula is C11H21CeN2O4-. The van der Waals surface area contributed by atoms with Gasteiger partial charge < -0.3 is 30.7 Å². The van der Waals surface area contributed by atoms with Crippen LogP contribution in [0.25, 0.3) is 0 Å². The third-order valence-corrected chi connectivity index (χ3v) is 2.93. The number of aliphatic hydroxyl groups is 3. The molecule has 0 aliphatic heterocycles. The van der Waals surface area contributed by atoms with Crippen molar-refractivity contribution in [3.63, 3.8) is 0 Å². The number of ether oxygens (including phenoxy) is 1. The Morgan fingerprint density at radius 3 is 2.61 bits per heavy atom. The summed E-state index contributed by atoms with van der Waals surface area (Å²) < 4.78 is 5.28. The molecule has 18 heavy (non-hydrogen) atoms. The fourth-order valence-corrected chi connectivity index (χ4v) is 2.11. The molecule has 0 amide bonds. The molecule has 0 fully saturated rings. The van der Waals surface area contributed by atoms with Crippen LogP contribution in [0.1, 0.15) is 12.8 Å². The zero-order chi connectivity index (χ0) is 12.9. The van der Waals surface area contributed by atoms with Gasteiger partial charge in [-0.2, -0.15) is 0 Å². The van der Waals surface area contributed by atoms with Crippen LogP contribution in [0.4, 0.5) is 0 Å². The Balaban J connectivity index is 0.00000289. The normalized spacial score (nSPS) is 27.7. The van der Waals surface area contributed by atoms with Gasteiger partial charge in [-0.15, -0.1) is 0 Å². The summed E-state index contributed by atoms with van der Waals surface area (Å²) in [5.41, 5.74) is -0.527. The summed E-state index contributed by atoms with van der Waals surface area (Å²) in [6.45, 7) is 0.0636. The molecule has 0 heterocycles. The second kappa shape index (κ2) is 8.67. The number of aliphatic hydroxyl groups excluding tert-OH is 2. The van der Waals surface area contributed by atoms with E-state index in [2.05, 4.69) is 17.7 Å². The Hall–Kier alpha value is 0.557. The van der Waals surface area contributed by atoms with Crippen molar-refractivity contribution < 1.29 is 61.8 Å². The number of methoxy groups -OCH3 is 1. The average Bonchev–Trinajstić information content (AvgIpc) is 2.35. The summed E-state index contributed by atoms with van der Waals surface area (Å²) >= 11 is 0. The molecule has 0 aromatic rings. The van der Waals surface area contributed by atoms with Gasteiger partial charge in [-0.3, -0.25) is 7.05 Å². The molecule has 0 saturated carbocycles. The zero-order valence-electron chi connectivity index (χ0n) is 10.6. The number of hydrogen-bond donors (Lipinski definition) is 5. The quantitative estimate of drug-likeness (QED) is 0.365. The Kier molecular flexibility index (Phi) is 8.94. The van der Waals surface area contributed by atoms with Gasteiger partial charge in [0.15, 0.2) is 0 Å². The second-order valence-electron chi connectivity index (χ2n) is 4.22. The van der Waals surface area contributed by atoms with Crippen molar-refractivity contribution in [1.82, 2.24) is 10.6 Å². The van der Waals surface area contributed by atoms with Gasteiger partial charge in [0.25, 0.3) is 0 Å². The first-order valence-electron chi connectivity index (χ1n) is 5.58. The van der Waals surface area contributed by atoms with Gasteiger partial charge in [0, 0.05) is 66.8 Å². The average molecular weight is 385 g/mol. The van der Waals surface area contributed by atoms with Gasteiger partial charge in [-0.1, -0.05) is 0 Å². The van der Waals surface area contributed by atoms with E-state index in [9.17, 15) is 10.2 Å². The van der Waals surface area contributed by atoms with Crippen molar-refractivity contribution in [2.45, 2.75) is 24.5 Å². The standard InChI is InChI=1S/C11H21N2O4.Ce/c1-12-8-5-11(16,7-15)6-9(10(8)17-2)13-3-4-14;/h9,12-16H,1,3-7H2,2H3;/q-1;. The van der Waals surface area contributed by atoms with E-state index in [1.807, 2.05) is 0 Å². The maximum Gasteiger partial charge on any atom is 0.129 e. The van der Waals surface area contributed by atoms with E-state index in [-0.39, 0.29) is 67.4 Å². The van der Waals surface area contributed by atoms with Gasteiger partial charge in [0.2, 0.25) is 0 Å². The molecule has 0 aromatic heterocycles. The van der Waals surface area contributed by atoms with Crippen molar-refractivity contribution in [2.75, 3.05) is 26.9 Å². The van der Waals surface area contributed by atoms with Crippen molar-refractivity contribution >= 4 is 0 Å². The van der Waals surface area contributed by atoms with Crippen LogP contribution in [0.2, 0.25) is 0 Å². The van der Waals surface area contributed by atoms with Crippen LogP contribution >= 0.6 is 0 Å². The largest absolute Gasteiger partial charge is 0.538 e. The molecule has 2 unspecified atom stereocenters. The van der Waals surface area contributed by atoms with Gasteiger partial charge in [-0.25, -0.2) is 0 Å². The minimum absolute atomic E-state index is 0. The molecule has 0 radical (unpaired) electrons. The van der Waals surface area contributed by atoms with E-state index < -0.39 is 5.60 Å². The third kappa shape index (κ3) is 4.59.